The largest absolute Gasteiger partial charge is 0.481 e. The fourth-order valence-corrected chi connectivity index (χ4v) is 1.65. The molecule has 1 aromatic carbocycles. The summed E-state index contributed by atoms with van der Waals surface area (Å²) in [4.78, 5) is 22.7. The van der Waals surface area contributed by atoms with Crippen LogP contribution in [0.2, 0.25) is 0 Å². The highest BCUT2D eigenvalue weighted by molar-refractivity contribution is 5.84. The lowest BCUT2D eigenvalue weighted by molar-refractivity contribution is -0.146. The summed E-state index contributed by atoms with van der Waals surface area (Å²) >= 11 is 0. The molecule has 1 aromatic rings. The third kappa shape index (κ3) is 4.05. The van der Waals surface area contributed by atoms with Crippen LogP contribution < -0.4 is 5.32 Å². The van der Waals surface area contributed by atoms with Crippen LogP contribution in [-0.2, 0) is 9.59 Å². The molecule has 0 aromatic heterocycles. The fraction of sp³-hybridized carbons (Fsp3) is 0.429. The van der Waals surface area contributed by atoms with Gasteiger partial charge in [-0.1, -0.05) is 26.0 Å². The molecular weight excluding hydrogens is 249 g/mol. The summed E-state index contributed by atoms with van der Waals surface area (Å²) in [7, 11) is 0. The number of carbonyl (C=O) groups is 2. The Morgan fingerprint density at radius 2 is 1.84 bits per heavy atom. The highest BCUT2D eigenvalue weighted by Crippen LogP contribution is 2.16. The lowest BCUT2D eigenvalue weighted by atomic mass is 9.94. The molecule has 0 radical (unpaired) electrons. The molecule has 4 nitrogen and oxygen atoms in total. The van der Waals surface area contributed by atoms with Crippen molar-refractivity contribution < 1.29 is 19.1 Å². The molecule has 3 atom stereocenters. The molecule has 2 N–H and O–H groups in total. The summed E-state index contributed by atoms with van der Waals surface area (Å²) in [6, 6.07) is 5.57. The maximum Gasteiger partial charge on any atom is 0.307 e. The minimum Gasteiger partial charge on any atom is -0.481 e. The van der Waals surface area contributed by atoms with Crippen molar-refractivity contribution in [3.8, 4) is 0 Å². The van der Waals surface area contributed by atoms with Crippen molar-refractivity contribution in [2.24, 2.45) is 11.8 Å². The second-order valence-electron chi connectivity index (χ2n) is 4.70. The quantitative estimate of drug-likeness (QED) is 0.860. The molecule has 0 aliphatic carbocycles. The van der Waals surface area contributed by atoms with Crippen LogP contribution >= 0.6 is 0 Å². The normalized spacial score (nSPS) is 15.4. The number of rotatable bonds is 5. The maximum absolute atomic E-state index is 13.1. The zero-order valence-corrected chi connectivity index (χ0v) is 11.2. The third-order valence-electron chi connectivity index (χ3n) is 3.26. The number of carbonyl (C=O) groups excluding carboxylic acids is 1. The van der Waals surface area contributed by atoms with Crippen molar-refractivity contribution in [1.82, 2.24) is 5.32 Å². The maximum atomic E-state index is 13.1. The number of hydrogen-bond acceptors (Lipinski definition) is 2. The van der Waals surface area contributed by atoms with Gasteiger partial charge in [-0.15, -0.1) is 0 Å². The number of hydrogen-bond donors (Lipinski definition) is 2. The molecule has 0 heterocycles. The van der Waals surface area contributed by atoms with Gasteiger partial charge in [0, 0.05) is 5.92 Å². The Morgan fingerprint density at radius 3 is 2.37 bits per heavy atom. The van der Waals surface area contributed by atoms with E-state index >= 15 is 0 Å². The van der Waals surface area contributed by atoms with Crippen molar-refractivity contribution in [3.63, 3.8) is 0 Å². The SMILES string of the molecule is CC(C(=O)O)C(C)C(=O)N[C@H](C)c1cccc(F)c1. The van der Waals surface area contributed by atoms with Gasteiger partial charge in [0.1, 0.15) is 5.82 Å². The summed E-state index contributed by atoms with van der Waals surface area (Å²) in [5.74, 6) is -3.15. The van der Waals surface area contributed by atoms with Crippen LogP contribution in [0.5, 0.6) is 0 Å². The van der Waals surface area contributed by atoms with Crippen LogP contribution in [0.15, 0.2) is 24.3 Å². The second-order valence-corrected chi connectivity index (χ2v) is 4.70. The van der Waals surface area contributed by atoms with Gasteiger partial charge in [-0.05, 0) is 24.6 Å². The number of amides is 1. The van der Waals surface area contributed by atoms with E-state index < -0.39 is 17.8 Å². The Morgan fingerprint density at radius 1 is 1.21 bits per heavy atom. The molecule has 1 amide bonds. The van der Waals surface area contributed by atoms with Gasteiger partial charge in [-0.25, -0.2) is 4.39 Å². The Hall–Kier alpha value is -1.91. The highest BCUT2D eigenvalue weighted by atomic mass is 19.1. The summed E-state index contributed by atoms with van der Waals surface area (Å²) in [6.45, 7) is 4.77. The minimum atomic E-state index is -1.01. The first-order valence-corrected chi connectivity index (χ1v) is 6.11. The smallest absolute Gasteiger partial charge is 0.307 e. The van der Waals surface area contributed by atoms with Gasteiger partial charge in [0.05, 0.1) is 12.0 Å². The second kappa shape index (κ2) is 6.31. The molecule has 104 valence electrons. The topological polar surface area (TPSA) is 66.4 Å². The molecule has 0 fully saturated rings. The van der Waals surface area contributed by atoms with Gasteiger partial charge in [-0.2, -0.15) is 0 Å². The fourth-order valence-electron chi connectivity index (χ4n) is 1.65. The van der Waals surface area contributed by atoms with E-state index in [2.05, 4.69) is 5.32 Å². The minimum absolute atomic E-state index is 0.355. The molecular formula is C14H18FNO3. The lowest BCUT2D eigenvalue weighted by Gasteiger charge is -2.20. The van der Waals surface area contributed by atoms with Crippen molar-refractivity contribution in [2.45, 2.75) is 26.8 Å². The van der Waals surface area contributed by atoms with Crippen molar-refractivity contribution >= 4 is 11.9 Å². The van der Waals surface area contributed by atoms with Crippen molar-refractivity contribution in [1.29, 1.82) is 0 Å². The molecule has 1 rings (SSSR count). The summed E-state index contributed by atoms with van der Waals surface area (Å²) in [5, 5.41) is 11.5. The zero-order valence-electron chi connectivity index (χ0n) is 11.2. The Bertz CT molecular complexity index is 476. The standard InChI is InChI=1S/C14H18FNO3/c1-8(9(2)14(18)19)13(17)16-10(3)11-5-4-6-12(15)7-11/h4-10H,1-3H3,(H,16,17)(H,18,19)/t8?,9?,10-/m1/s1. The van der Waals surface area contributed by atoms with Crippen LogP contribution in [0.4, 0.5) is 4.39 Å². The van der Waals surface area contributed by atoms with Crippen LogP contribution in [0.1, 0.15) is 32.4 Å². The average molecular weight is 267 g/mol. The van der Waals surface area contributed by atoms with Crippen molar-refractivity contribution in [3.05, 3.63) is 35.6 Å². The van der Waals surface area contributed by atoms with Gasteiger partial charge in [0.15, 0.2) is 0 Å². The third-order valence-corrected chi connectivity index (χ3v) is 3.26. The van der Waals surface area contributed by atoms with Crippen LogP contribution in [0.25, 0.3) is 0 Å². The van der Waals surface area contributed by atoms with E-state index in [1.165, 1.54) is 19.1 Å². The molecule has 2 unspecified atom stereocenters. The van der Waals surface area contributed by atoms with E-state index in [4.69, 9.17) is 5.11 Å². The predicted octanol–water partition coefficient (Wildman–Crippen LogP) is 2.36. The Labute approximate surface area is 111 Å². The van der Waals surface area contributed by atoms with E-state index in [0.717, 1.165) is 0 Å². The highest BCUT2D eigenvalue weighted by Gasteiger charge is 2.26. The number of nitrogens with one attached hydrogen (secondary N) is 1. The Balaban J connectivity index is 2.69. The van der Waals surface area contributed by atoms with E-state index in [-0.39, 0.29) is 17.8 Å². The van der Waals surface area contributed by atoms with Crippen LogP contribution in [0.3, 0.4) is 0 Å². The van der Waals surface area contributed by atoms with Gasteiger partial charge in [0.2, 0.25) is 5.91 Å². The van der Waals surface area contributed by atoms with Gasteiger partial charge < -0.3 is 10.4 Å². The number of benzene rings is 1. The monoisotopic (exact) mass is 267 g/mol. The number of carboxylic acids is 1. The van der Waals surface area contributed by atoms with Crippen molar-refractivity contribution in [2.75, 3.05) is 0 Å². The van der Waals surface area contributed by atoms with E-state index in [1.54, 1.807) is 26.0 Å². The molecule has 0 aliphatic heterocycles. The number of halogens is 1. The summed E-state index contributed by atoms with van der Waals surface area (Å²) in [5.41, 5.74) is 0.642. The number of carboxylic acid groups (broad SMARTS) is 1. The molecule has 5 heteroatoms. The lowest BCUT2D eigenvalue weighted by Crippen LogP contribution is -2.36. The zero-order chi connectivity index (χ0) is 14.6. The first kappa shape index (κ1) is 15.1. The molecule has 0 saturated heterocycles. The first-order chi connectivity index (χ1) is 8.82. The molecule has 0 spiro atoms. The molecule has 0 saturated carbocycles. The first-order valence-electron chi connectivity index (χ1n) is 6.11. The van der Waals surface area contributed by atoms with Gasteiger partial charge >= 0.3 is 5.97 Å². The van der Waals surface area contributed by atoms with Gasteiger partial charge in [0.25, 0.3) is 0 Å². The van der Waals surface area contributed by atoms with E-state index in [9.17, 15) is 14.0 Å². The molecule has 0 bridgehead atoms. The van der Waals surface area contributed by atoms with E-state index in [0.29, 0.717) is 5.56 Å². The Kier molecular flexibility index (Phi) is 5.03. The number of aliphatic carboxylic acids is 1. The average Bonchev–Trinajstić information content (AvgIpc) is 2.36. The summed E-state index contributed by atoms with van der Waals surface area (Å²) in [6.07, 6.45) is 0. The van der Waals surface area contributed by atoms with Crippen LogP contribution in [0, 0.1) is 17.7 Å². The summed E-state index contributed by atoms with van der Waals surface area (Å²) < 4.78 is 13.1. The van der Waals surface area contributed by atoms with Crippen LogP contribution in [-0.4, -0.2) is 17.0 Å². The molecule has 0 aliphatic rings. The predicted molar refractivity (Wildman–Crippen MR) is 68.9 cm³/mol. The van der Waals surface area contributed by atoms with Gasteiger partial charge in [-0.3, -0.25) is 9.59 Å². The van der Waals surface area contributed by atoms with E-state index in [1.807, 2.05) is 0 Å². The molecule has 19 heavy (non-hydrogen) atoms.